The zero-order valence-electron chi connectivity index (χ0n) is 8.13. The lowest BCUT2D eigenvalue weighted by Crippen LogP contribution is -2.26. The Morgan fingerprint density at radius 3 is 2.79 bits per heavy atom. The minimum atomic E-state index is -0.339. The lowest BCUT2D eigenvalue weighted by Gasteiger charge is -1.96. The maximum atomic E-state index is 10.8. The molecule has 3 N–H and O–H groups in total. The standard InChI is InChI=1S/C9H14N2O3/c1-2-14-9(13)5-3-4-6-11-8(12)7-10/h2-3,5,7,10H2,1H3,(H,11,12). The van der Waals surface area contributed by atoms with Crippen molar-refractivity contribution in [3.63, 3.8) is 0 Å². The van der Waals surface area contributed by atoms with Crippen LogP contribution in [0.1, 0.15) is 19.8 Å². The monoisotopic (exact) mass is 198 g/mol. The third-order valence-electron chi connectivity index (χ3n) is 1.24. The van der Waals surface area contributed by atoms with Crippen molar-refractivity contribution >= 4 is 11.9 Å². The number of hydrogen-bond acceptors (Lipinski definition) is 4. The summed E-state index contributed by atoms with van der Waals surface area (Å²) in [5, 5.41) is 2.26. The van der Waals surface area contributed by atoms with Crippen molar-refractivity contribution in [1.29, 1.82) is 0 Å². The molecule has 0 saturated carbocycles. The van der Waals surface area contributed by atoms with Gasteiger partial charge in [0, 0.05) is 12.5 Å². The van der Waals surface area contributed by atoms with Crippen molar-refractivity contribution in [1.82, 2.24) is 5.32 Å². The molecular weight excluding hydrogens is 184 g/mol. The SMILES string of the molecule is CCOC(=O)CCC#CNC(=O)CN. The van der Waals surface area contributed by atoms with Gasteiger partial charge in [0.05, 0.1) is 19.6 Å². The molecule has 0 aliphatic heterocycles. The number of amides is 1. The summed E-state index contributed by atoms with van der Waals surface area (Å²) in [6, 6.07) is 2.40. The fraction of sp³-hybridized carbons (Fsp3) is 0.556. The van der Waals surface area contributed by atoms with E-state index in [0.29, 0.717) is 13.0 Å². The molecule has 78 valence electrons. The number of esters is 1. The van der Waals surface area contributed by atoms with Crippen LogP contribution in [0.3, 0.4) is 0 Å². The molecule has 0 aliphatic rings. The molecule has 1 amide bonds. The summed E-state index contributed by atoms with van der Waals surface area (Å²) < 4.78 is 4.68. The Bertz CT molecular complexity index is 253. The molecule has 14 heavy (non-hydrogen) atoms. The normalized spacial score (nSPS) is 8.43. The van der Waals surface area contributed by atoms with Crippen molar-refractivity contribution in [3.8, 4) is 12.0 Å². The van der Waals surface area contributed by atoms with Gasteiger partial charge in [0.15, 0.2) is 0 Å². The van der Waals surface area contributed by atoms with Crippen LogP contribution in [0, 0.1) is 12.0 Å². The molecule has 0 aliphatic carbocycles. The maximum absolute atomic E-state index is 10.8. The Morgan fingerprint density at radius 2 is 2.21 bits per heavy atom. The fourth-order valence-corrected chi connectivity index (χ4v) is 0.625. The highest BCUT2D eigenvalue weighted by molar-refractivity contribution is 5.79. The van der Waals surface area contributed by atoms with Gasteiger partial charge < -0.3 is 10.5 Å². The Hall–Kier alpha value is -1.54. The molecule has 5 nitrogen and oxygen atoms in total. The van der Waals surface area contributed by atoms with Gasteiger partial charge in [-0.2, -0.15) is 0 Å². The summed E-state index contributed by atoms with van der Waals surface area (Å²) in [7, 11) is 0. The van der Waals surface area contributed by atoms with Crippen molar-refractivity contribution in [2.75, 3.05) is 13.2 Å². The molecule has 0 radical (unpaired) electrons. The average molecular weight is 198 g/mol. The van der Waals surface area contributed by atoms with E-state index in [9.17, 15) is 9.59 Å². The second-order valence-electron chi connectivity index (χ2n) is 2.36. The van der Waals surface area contributed by atoms with Gasteiger partial charge in [-0.1, -0.05) is 5.92 Å². The summed E-state index contributed by atoms with van der Waals surface area (Å²) in [6.45, 7) is 2.02. The molecule has 0 unspecified atom stereocenters. The van der Waals surface area contributed by atoms with Crippen molar-refractivity contribution in [2.24, 2.45) is 5.73 Å². The van der Waals surface area contributed by atoms with Crippen LogP contribution in [0.15, 0.2) is 0 Å². The first-order valence-corrected chi connectivity index (χ1v) is 4.33. The molecular formula is C9H14N2O3. The molecule has 0 atom stereocenters. The number of hydrogen-bond donors (Lipinski definition) is 2. The number of ether oxygens (including phenoxy) is 1. The van der Waals surface area contributed by atoms with E-state index in [1.165, 1.54) is 0 Å². The van der Waals surface area contributed by atoms with Crippen LogP contribution in [0.4, 0.5) is 0 Å². The van der Waals surface area contributed by atoms with Crippen LogP contribution in [-0.2, 0) is 14.3 Å². The Balaban J connectivity index is 3.52. The van der Waals surface area contributed by atoms with E-state index >= 15 is 0 Å². The number of rotatable bonds is 4. The van der Waals surface area contributed by atoms with Gasteiger partial charge in [0.1, 0.15) is 0 Å². The van der Waals surface area contributed by atoms with Crippen LogP contribution in [0.5, 0.6) is 0 Å². The summed E-state index contributed by atoms with van der Waals surface area (Å²) in [5.41, 5.74) is 5.02. The van der Waals surface area contributed by atoms with Gasteiger partial charge in [-0.3, -0.25) is 14.9 Å². The van der Waals surface area contributed by atoms with E-state index in [-0.39, 0.29) is 24.8 Å². The van der Waals surface area contributed by atoms with Crippen LogP contribution in [0.25, 0.3) is 0 Å². The third-order valence-corrected chi connectivity index (χ3v) is 1.24. The summed E-state index contributed by atoms with van der Waals surface area (Å²) in [4.78, 5) is 21.4. The Morgan fingerprint density at radius 1 is 1.50 bits per heavy atom. The summed E-state index contributed by atoms with van der Waals surface area (Å²) >= 11 is 0. The average Bonchev–Trinajstić information content (AvgIpc) is 2.17. The van der Waals surface area contributed by atoms with E-state index < -0.39 is 0 Å². The highest BCUT2D eigenvalue weighted by atomic mass is 16.5. The first-order valence-electron chi connectivity index (χ1n) is 4.33. The molecule has 0 aromatic heterocycles. The topological polar surface area (TPSA) is 81.4 Å². The van der Waals surface area contributed by atoms with Gasteiger partial charge >= 0.3 is 5.97 Å². The van der Waals surface area contributed by atoms with E-state index in [1.54, 1.807) is 6.92 Å². The van der Waals surface area contributed by atoms with Crippen LogP contribution >= 0.6 is 0 Å². The predicted octanol–water partition coefficient (Wildman–Crippen LogP) is -0.634. The lowest BCUT2D eigenvalue weighted by molar-refractivity contribution is -0.142. The molecule has 5 heteroatoms. The molecule has 0 bridgehead atoms. The first kappa shape index (κ1) is 12.5. The minimum absolute atomic E-state index is 0.0907. The van der Waals surface area contributed by atoms with Crippen LogP contribution in [-0.4, -0.2) is 25.0 Å². The summed E-state index contributed by atoms with van der Waals surface area (Å²) in [6.07, 6.45) is 0.600. The summed E-state index contributed by atoms with van der Waals surface area (Å²) in [5.74, 6) is 1.98. The Labute approximate surface area is 83.0 Å². The second kappa shape index (κ2) is 8.08. The predicted molar refractivity (Wildman–Crippen MR) is 50.8 cm³/mol. The van der Waals surface area contributed by atoms with E-state index in [1.807, 2.05) is 0 Å². The number of carbonyl (C=O) groups excluding carboxylic acids is 2. The number of carbonyl (C=O) groups is 2. The molecule has 0 rings (SSSR count). The zero-order valence-corrected chi connectivity index (χ0v) is 8.13. The maximum Gasteiger partial charge on any atom is 0.306 e. The highest BCUT2D eigenvalue weighted by Crippen LogP contribution is 1.90. The zero-order chi connectivity index (χ0) is 10.8. The van der Waals surface area contributed by atoms with E-state index in [2.05, 4.69) is 22.0 Å². The van der Waals surface area contributed by atoms with Crippen LogP contribution in [0.2, 0.25) is 0 Å². The third kappa shape index (κ3) is 7.13. The molecule has 0 saturated heterocycles. The van der Waals surface area contributed by atoms with Crippen molar-refractivity contribution < 1.29 is 14.3 Å². The molecule has 0 spiro atoms. The number of nitrogens with one attached hydrogen (secondary N) is 1. The Kier molecular flexibility index (Phi) is 7.19. The van der Waals surface area contributed by atoms with Gasteiger partial charge in [-0.25, -0.2) is 0 Å². The van der Waals surface area contributed by atoms with Gasteiger partial charge in [-0.15, -0.1) is 0 Å². The van der Waals surface area contributed by atoms with Gasteiger partial charge in [0.25, 0.3) is 0 Å². The molecule has 0 fully saturated rings. The van der Waals surface area contributed by atoms with Crippen molar-refractivity contribution in [3.05, 3.63) is 0 Å². The fourth-order valence-electron chi connectivity index (χ4n) is 0.625. The molecule has 0 aromatic carbocycles. The van der Waals surface area contributed by atoms with Crippen molar-refractivity contribution in [2.45, 2.75) is 19.8 Å². The van der Waals surface area contributed by atoms with Crippen LogP contribution < -0.4 is 11.1 Å². The quantitative estimate of drug-likeness (QED) is 0.358. The number of nitrogens with two attached hydrogens (primary N) is 1. The molecule has 0 aromatic rings. The van der Waals surface area contributed by atoms with Gasteiger partial charge in [0.2, 0.25) is 5.91 Å². The minimum Gasteiger partial charge on any atom is -0.466 e. The van der Waals surface area contributed by atoms with E-state index in [0.717, 1.165) is 0 Å². The van der Waals surface area contributed by atoms with Gasteiger partial charge in [-0.05, 0) is 6.92 Å². The largest absolute Gasteiger partial charge is 0.466 e. The molecule has 0 heterocycles. The highest BCUT2D eigenvalue weighted by Gasteiger charge is 1.97. The first-order chi connectivity index (χ1) is 6.70. The smallest absolute Gasteiger partial charge is 0.306 e. The second-order valence-corrected chi connectivity index (χ2v) is 2.36. The van der Waals surface area contributed by atoms with E-state index in [4.69, 9.17) is 5.73 Å². The lowest BCUT2D eigenvalue weighted by atomic mass is 10.3.